The van der Waals surface area contributed by atoms with E-state index in [1.807, 2.05) is 24.3 Å². The molecule has 0 spiro atoms. The molecule has 9 nitrogen and oxygen atoms in total. The number of thiocarbonyl (C=S) groups is 1. The van der Waals surface area contributed by atoms with Crippen LogP contribution in [0.3, 0.4) is 0 Å². The van der Waals surface area contributed by atoms with Crippen LogP contribution in [0.1, 0.15) is 38.1 Å². The number of carbonyl (C=O) groups is 1. The summed E-state index contributed by atoms with van der Waals surface area (Å²) in [4.78, 5) is 15.0. The zero-order valence-electron chi connectivity index (χ0n) is 26.4. The molecule has 5 rings (SSSR count). The maximum atomic E-state index is 12.8. The number of hydrogen-bond acceptors (Lipinski definition) is 6. The standard InChI is InChI=1S/C35H37BN4O5S/c1-5-39(6-2)25-13-16-28-31(20-25)45-32-21-26(40(7-3)8-4)14-17-29(32)33(28)27-15-12-24(19-30(27)34(41)42)38-35(46)37-23-11-9-10-22(18-23)36(43)44/h9-21,43-44H,5-8H2,1-4H3,(H2,37,41,42,46)/p+1. The van der Waals surface area contributed by atoms with Crippen LogP contribution >= 0.6 is 12.2 Å². The third kappa shape index (κ3) is 6.76. The third-order valence-electron chi connectivity index (χ3n) is 8.17. The number of nitrogens with zero attached hydrogens (tertiary/aromatic N) is 2. The van der Waals surface area contributed by atoms with Crippen LogP contribution in [0.15, 0.2) is 83.3 Å². The van der Waals surface area contributed by atoms with Gasteiger partial charge in [-0.2, -0.15) is 0 Å². The molecular formula is C35H38BN4O5S+. The normalized spacial score (nSPS) is 11.0. The maximum absolute atomic E-state index is 12.8. The van der Waals surface area contributed by atoms with Crippen molar-refractivity contribution in [1.29, 1.82) is 0 Å². The Hall–Kier alpha value is -4.71. The van der Waals surface area contributed by atoms with Crippen LogP contribution in [0.4, 0.5) is 17.1 Å². The van der Waals surface area contributed by atoms with Gasteiger partial charge in [0.2, 0.25) is 5.36 Å². The molecule has 0 atom stereocenters. The summed E-state index contributed by atoms with van der Waals surface area (Å²) < 4.78 is 8.80. The van der Waals surface area contributed by atoms with Crippen molar-refractivity contribution in [3.63, 3.8) is 0 Å². The fourth-order valence-corrected chi connectivity index (χ4v) is 6.05. The van der Waals surface area contributed by atoms with Gasteiger partial charge < -0.3 is 35.1 Å². The molecule has 2 aliphatic rings. The Kier molecular flexibility index (Phi) is 10.1. The number of hydrogen-bond donors (Lipinski definition) is 5. The molecule has 1 aliphatic heterocycles. The first-order valence-corrected chi connectivity index (χ1v) is 15.8. The second kappa shape index (κ2) is 14.2. The van der Waals surface area contributed by atoms with Crippen molar-refractivity contribution in [3.8, 4) is 22.5 Å². The van der Waals surface area contributed by atoms with Gasteiger partial charge in [-0.05, 0) is 93.4 Å². The lowest BCUT2D eigenvalue weighted by Crippen LogP contribution is -2.30. The van der Waals surface area contributed by atoms with E-state index in [4.69, 9.17) is 16.6 Å². The summed E-state index contributed by atoms with van der Waals surface area (Å²) in [6.45, 7) is 11.8. The number of rotatable bonds is 10. The summed E-state index contributed by atoms with van der Waals surface area (Å²) >= 11 is 5.48. The van der Waals surface area contributed by atoms with Crippen LogP contribution in [-0.4, -0.2) is 59.5 Å². The molecule has 0 saturated heterocycles. The van der Waals surface area contributed by atoms with Gasteiger partial charge >= 0.3 is 13.1 Å². The number of aromatic carboxylic acids is 1. The van der Waals surface area contributed by atoms with E-state index in [0.29, 0.717) is 33.7 Å². The lowest BCUT2D eigenvalue weighted by molar-refractivity contribution is 0.0697. The second-order valence-corrected chi connectivity index (χ2v) is 11.2. The molecule has 0 unspecified atom stereocenters. The molecule has 46 heavy (non-hydrogen) atoms. The quantitative estimate of drug-likeness (QED) is 0.0620. The maximum Gasteiger partial charge on any atom is 0.488 e. The smallest absolute Gasteiger partial charge is 0.478 e. The Labute approximate surface area is 273 Å². The van der Waals surface area contributed by atoms with E-state index >= 15 is 0 Å². The Bertz CT molecular complexity index is 1950. The predicted molar refractivity (Wildman–Crippen MR) is 191 cm³/mol. The van der Waals surface area contributed by atoms with Gasteiger partial charge in [0.05, 0.1) is 11.6 Å². The van der Waals surface area contributed by atoms with Gasteiger partial charge in [-0.25, -0.2) is 9.37 Å². The summed E-state index contributed by atoms with van der Waals surface area (Å²) in [5.74, 6) is -0.411. The van der Waals surface area contributed by atoms with Crippen molar-refractivity contribution in [2.24, 2.45) is 0 Å². The van der Waals surface area contributed by atoms with E-state index in [-0.39, 0.29) is 10.7 Å². The molecule has 0 fully saturated rings. The average molecular weight is 638 g/mol. The minimum absolute atomic E-state index is 0.104. The summed E-state index contributed by atoms with van der Waals surface area (Å²) in [7, 11) is -1.61. The fraction of sp³-hybridized carbons (Fsp3) is 0.229. The van der Waals surface area contributed by atoms with E-state index < -0.39 is 13.1 Å². The fourth-order valence-electron chi connectivity index (χ4n) is 5.82. The van der Waals surface area contributed by atoms with Gasteiger partial charge in [0.15, 0.2) is 5.11 Å². The molecule has 3 aromatic rings. The average Bonchev–Trinajstić information content (AvgIpc) is 3.04. The summed E-state index contributed by atoms with van der Waals surface area (Å²) in [6, 6.07) is 23.9. The minimum atomic E-state index is -1.61. The van der Waals surface area contributed by atoms with Crippen molar-refractivity contribution in [1.82, 2.24) is 4.58 Å². The molecule has 0 saturated carbocycles. The molecule has 0 amide bonds. The van der Waals surface area contributed by atoms with Gasteiger partial charge in [0, 0.05) is 58.8 Å². The molecule has 5 N–H and O–H groups in total. The van der Waals surface area contributed by atoms with Gasteiger partial charge in [-0.15, -0.1) is 0 Å². The summed E-state index contributed by atoms with van der Waals surface area (Å²) in [5.41, 5.74) is 5.30. The van der Waals surface area contributed by atoms with Crippen LogP contribution in [0.5, 0.6) is 0 Å². The van der Waals surface area contributed by atoms with Crippen molar-refractivity contribution in [2.45, 2.75) is 27.7 Å². The number of anilines is 3. The Morgan fingerprint density at radius 3 is 2.22 bits per heavy atom. The lowest BCUT2D eigenvalue weighted by atomic mass is 9.80. The van der Waals surface area contributed by atoms with Gasteiger partial charge in [-0.1, -0.05) is 18.2 Å². The topological polar surface area (TPSA) is 121 Å². The van der Waals surface area contributed by atoms with Crippen LogP contribution in [0.2, 0.25) is 0 Å². The molecular weight excluding hydrogens is 599 g/mol. The summed E-state index contributed by atoms with van der Waals surface area (Å²) in [5, 5.41) is 37.5. The molecule has 1 heterocycles. The van der Waals surface area contributed by atoms with Gasteiger partial charge in [-0.3, -0.25) is 0 Å². The monoisotopic (exact) mass is 637 g/mol. The molecule has 1 aliphatic carbocycles. The number of benzene rings is 4. The van der Waals surface area contributed by atoms with E-state index in [0.717, 1.165) is 53.7 Å². The number of nitrogens with one attached hydrogen (secondary N) is 2. The van der Waals surface area contributed by atoms with E-state index in [1.54, 1.807) is 42.5 Å². The van der Waals surface area contributed by atoms with E-state index in [2.05, 4.69) is 59.9 Å². The first kappa shape index (κ1) is 32.7. The van der Waals surface area contributed by atoms with Gasteiger partial charge in [0.25, 0.3) is 0 Å². The number of fused-ring (bicyclic) bond motifs is 2. The SMILES string of the molecule is CCN(CC)c1ccc2c(-c3ccc(NC(=S)Nc4cccc(B(O)O)c4)cc3C(=O)O)c3ccc(=[N+](CC)CC)cc-3oc2c1. The zero-order valence-corrected chi connectivity index (χ0v) is 27.2. The minimum Gasteiger partial charge on any atom is -0.478 e. The molecule has 236 valence electrons. The zero-order chi connectivity index (χ0) is 33.0. The van der Waals surface area contributed by atoms with Crippen LogP contribution in [0.25, 0.3) is 33.4 Å². The van der Waals surface area contributed by atoms with Crippen molar-refractivity contribution < 1.29 is 24.4 Å². The number of carboxylic acid groups (broad SMARTS) is 1. The molecule has 0 bridgehead atoms. The van der Waals surface area contributed by atoms with Crippen molar-refractivity contribution in [3.05, 3.63) is 89.8 Å². The third-order valence-corrected chi connectivity index (χ3v) is 8.37. The van der Waals surface area contributed by atoms with E-state index in [1.165, 1.54) is 0 Å². The molecule has 11 heteroatoms. The Balaban J connectivity index is 1.64. The highest BCUT2D eigenvalue weighted by molar-refractivity contribution is 7.80. The van der Waals surface area contributed by atoms with Gasteiger partial charge in [0.1, 0.15) is 24.4 Å². The van der Waals surface area contributed by atoms with Crippen molar-refractivity contribution >= 4 is 63.9 Å². The van der Waals surface area contributed by atoms with Crippen LogP contribution in [0, 0.1) is 0 Å². The molecule has 0 radical (unpaired) electrons. The highest BCUT2D eigenvalue weighted by Gasteiger charge is 2.23. The predicted octanol–water partition coefficient (Wildman–Crippen LogP) is 5.05. The first-order valence-electron chi connectivity index (χ1n) is 15.4. The van der Waals surface area contributed by atoms with Crippen molar-refractivity contribution in [2.75, 3.05) is 41.7 Å². The largest absolute Gasteiger partial charge is 0.488 e. The Morgan fingerprint density at radius 2 is 1.57 bits per heavy atom. The first-order chi connectivity index (χ1) is 22.2. The number of carboxylic acids is 1. The van der Waals surface area contributed by atoms with E-state index in [9.17, 15) is 19.9 Å². The summed E-state index contributed by atoms with van der Waals surface area (Å²) in [6.07, 6.45) is 0. The Morgan fingerprint density at radius 1 is 0.870 bits per heavy atom. The lowest BCUT2D eigenvalue weighted by Gasteiger charge is -2.22. The highest BCUT2D eigenvalue weighted by atomic mass is 32.1. The van der Waals surface area contributed by atoms with Crippen LogP contribution in [-0.2, 0) is 0 Å². The highest BCUT2D eigenvalue weighted by Crippen LogP contribution is 2.42. The van der Waals surface area contributed by atoms with Crippen LogP contribution < -0.4 is 30.9 Å². The second-order valence-electron chi connectivity index (χ2n) is 10.8. The molecule has 0 aromatic heterocycles. The molecule has 3 aromatic carbocycles.